The lowest BCUT2D eigenvalue weighted by Crippen LogP contribution is -2.10. The molecule has 190 valence electrons. The lowest BCUT2D eigenvalue weighted by Gasteiger charge is -2.20. The molecule has 1 N–H and O–H groups in total. The highest BCUT2D eigenvalue weighted by atomic mass is 16.4. The van der Waals surface area contributed by atoms with Gasteiger partial charge in [-0.05, 0) is 41.2 Å². The van der Waals surface area contributed by atoms with E-state index in [9.17, 15) is 9.90 Å². The van der Waals surface area contributed by atoms with Crippen molar-refractivity contribution < 1.29 is 9.90 Å². The Morgan fingerprint density at radius 1 is 0.765 bits per heavy atom. The molecule has 1 atom stereocenters. The molecule has 0 bridgehead atoms. The number of benzene rings is 2. The van der Waals surface area contributed by atoms with Crippen molar-refractivity contribution in [1.82, 2.24) is 0 Å². The summed E-state index contributed by atoms with van der Waals surface area (Å²) in [5, 5.41) is 11.9. The van der Waals surface area contributed by atoms with Gasteiger partial charge in [0.2, 0.25) is 0 Å². The van der Waals surface area contributed by atoms with Crippen LogP contribution in [0.1, 0.15) is 138 Å². The summed E-state index contributed by atoms with van der Waals surface area (Å²) in [6, 6.07) is 10.2. The van der Waals surface area contributed by atoms with Crippen LogP contribution in [0.2, 0.25) is 0 Å². The minimum Gasteiger partial charge on any atom is -0.478 e. The number of hydrogen-bond acceptors (Lipinski definition) is 1. The van der Waals surface area contributed by atoms with Crippen LogP contribution in [0.3, 0.4) is 0 Å². The molecule has 2 heteroatoms. The number of carboxylic acids is 1. The molecule has 2 nitrogen and oxygen atoms in total. The lowest BCUT2D eigenvalue weighted by molar-refractivity contribution is 0.0698. The molecule has 0 amide bonds. The maximum Gasteiger partial charge on any atom is 0.336 e. The molecule has 0 spiro atoms. The van der Waals surface area contributed by atoms with Crippen LogP contribution in [0.4, 0.5) is 0 Å². The van der Waals surface area contributed by atoms with Crippen molar-refractivity contribution in [3.63, 3.8) is 0 Å². The minimum atomic E-state index is -0.800. The summed E-state index contributed by atoms with van der Waals surface area (Å²) in [6.45, 7) is 6.57. The normalized spacial score (nSPS) is 12.3. The smallest absolute Gasteiger partial charge is 0.336 e. The summed E-state index contributed by atoms with van der Waals surface area (Å²) < 4.78 is 0. The molecule has 0 aromatic heterocycles. The van der Waals surface area contributed by atoms with E-state index >= 15 is 0 Å². The minimum absolute atomic E-state index is 0.499. The summed E-state index contributed by atoms with van der Waals surface area (Å²) in [5.41, 5.74) is 2.71. The van der Waals surface area contributed by atoms with E-state index < -0.39 is 5.97 Å². The summed E-state index contributed by atoms with van der Waals surface area (Å²) in [6.07, 6.45) is 22.5. The third-order valence-corrected chi connectivity index (χ3v) is 7.57. The largest absolute Gasteiger partial charge is 0.478 e. The summed E-state index contributed by atoms with van der Waals surface area (Å²) in [7, 11) is 0. The number of carboxylic acid groups (broad SMARTS) is 1. The Morgan fingerprint density at radius 3 is 1.79 bits per heavy atom. The number of unbranched alkanes of at least 4 members (excludes halogenated alkanes) is 12. The predicted molar refractivity (Wildman–Crippen MR) is 148 cm³/mol. The Kier molecular flexibility index (Phi) is 14.0. The van der Waals surface area contributed by atoms with Crippen LogP contribution < -0.4 is 0 Å². The molecule has 2 aromatic carbocycles. The van der Waals surface area contributed by atoms with Crippen LogP contribution in [0.15, 0.2) is 30.3 Å². The van der Waals surface area contributed by atoms with E-state index in [1.807, 2.05) is 25.1 Å². The zero-order valence-corrected chi connectivity index (χ0v) is 22.3. The second-order valence-electron chi connectivity index (χ2n) is 10.5. The Hall–Kier alpha value is -1.83. The van der Waals surface area contributed by atoms with Gasteiger partial charge in [-0.3, -0.25) is 0 Å². The van der Waals surface area contributed by atoms with E-state index in [4.69, 9.17) is 0 Å². The monoisotopic (exact) mass is 466 g/mol. The SMILES string of the molecule is CCCCCCCCCCC(CCCCCCCC)Cc1cc2ccccc2c(C(=O)O)c1C. The van der Waals surface area contributed by atoms with Crippen LogP contribution in [0.5, 0.6) is 0 Å². The third-order valence-electron chi connectivity index (χ3n) is 7.57. The van der Waals surface area contributed by atoms with Gasteiger partial charge in [-0.1, -0.05) is 147 Å². The van der Waals surface area contributed by atoms with E-state index in [0.717, 1.165) is 22.8 Å². The van der Waals surface area contributed by atoms with Crippen molar-refractivity contribution in [2.75, 3.05) is 0 Å². The number of rotatable bonds is 19. The van der Waals surface area contributed by atoms with Crippen LogP contribution in [0.25, 0.3) is 10.8 Å². The Balaban J connectivity index is 2.01. The molecule has 0 fully saturated rings. The Labute approximate surface area is 209 Å². The molecule has 0 saturated heterocycles. The van der Waals surface area contributed by atoms with Gasteiger partial charge in [0.15, 0.2) is 0 Å². The highest BCUT2D eigenvalue weighted by Gasteiger charge is 2.18. The number of aromatic carboxylic acids is 1. The molecule has 2 rings (SSSR count). The second-order valence-corrected chi connectivity index (χ2v) is 10.5. The molecule has 2 aromatic rings. The van der Waals surface area contributed by atoms with Gasteiger partial charge >= 0.3 is 5.97 Å². The Morgan fingerprint density at radius 2 is 1.26 bits per heavy atom. The van der Waals surface area contributed by atoms with Crippen molar-refractivity contribution in [3.05, 3.63) is 47.0 Å². The van der Waals surface area contributed by atoms with Gasteiger partial charge in [-0.25, -0.2) is 4.79 Å². The van der Waals surface area contributed by atoms with E-state index in [1.54, 1.807) is 0 Å². The molecule has 1 unspecified atom stereocenters. The summed E-state index contributed by atoms with van der Waals surface area (Å²) in [5.74, 6) is -0.140. The zero-order chi connectivity index (χ0) is 24.6. The molecular weight excluding hydrogens is 416 g/mol. The van der Waals surface area contributed by atoms with E-state index in [0.29, 0.717) is 11.5 Å². The second kappa shape index (κ2) is 16.7. The van der Waals surface area contributed by atoms with Crippen LogP contribution in [-0.4, -0.2) is 11.1 Å². The maximum absolute atomic E-state index is 12.1. The fourth-order valence-electron chi connectivity index (χ4n) is 5.44. The Bertz CT molecular complexity index is 838. The first-order chi connectivity index (χ1) is 16.6. The van der Waals surface area contributed by atoms with Crippen molar-refractivity contribution in [3.8, 4) is 0 Å². The highest BCUT2D eigenvalue weighted by molar-refractivity contribution is 6.05. The van der Waals surface area contributed by atoms with Crippen LogP contribution in [-0.2, 0) is 6.42 Å². The van der Waals surface area contributed by atoms with Crippen molar-refractivity contribution in [1.29, 1.82) is 0 Å². The molecule has 0 aliphatic rings. The standard InChI is InChI=1S/C32H50O2/c1-4-6-8-10-12-13-15-17-21-27(20-16-14-11-9-7-5-2)24-29-25-28-22-18-19-23-30(28)31(26(29)3)32(33)34/h18-19,22-23,25,27H,4-17,20-21,24H2,1-3H3,(H,33,34). The van der Waals surface area contributed by atoms with Gasteiger partial charge in [0.1, 0.15) is 0 Å². The molecule has 0 saturated carbocycles. The molecule has 0 heterocycles. The first-order valence-corrected chi connectivity index (χ1v) is 14.3. The number of hydrogen-bond donors (Lipinski definition) is 1. The first-order valence-electron chi connectivity index (χ1n) is 14.3. The molecular formula is C32H50O2. The zero-order valence-electron chi connectivity index (χ0n) is 22.3. The maximum atomic E-state index is 12.1. The van der Waals surface area contributed by atoms with Gasteiger partial charge in [0.25, 0.3) is 0 Å². The van der Waals surface area contributed by atoms with Crippen LogP contribution >= 0.6 is 0 Å². The van der Waals surface area contributed by atoms with E-state index in [2.05, 4.69) is 26.0 Å². The van der Waals surface area contributed by atoms with E-state index in [1.165, 1.54) is 108 Å². The first kappa shape index (κ1) is 28.4. The quantitative estimate of drug-likeness (QED) is 0.209. The van der Waals surface area contributed by atoms with Gasteiger partial charge < -0.3 is 5.11 Å². The van der Waals surface area contributed by atoms with Gasteiger partial charge in [0.05, 0.1) is 5.56 Å². The average Bonchev–Trinajstić information content (AvgIpc) is 2.82. The van der Waals surface area contributed by atoms with Crippen LogP contribution in [0, 0.1) is 12.8 Å². The topological polar surface area (TPSA) is 37.3 Å². The van der Waals surface area contributed by atoms with Crippen molar-refractivity contribution >= 4 is 16.7 Å². The molecule has 0 aliphatic heterocycles. The third kappa shape index (κ3) is 9.80. The lowest BCUT2D eigenvalue weighted by atomic mass is 9.85. The number of carbonyl (C=O) groups is 1. The number of fused-ring (bicyclic) bond motifs is 1. The molecule has 0 aliphatic carbocycles. The van der Waals surface area contributed by atoms with Gasteiger partial charge in [0, 0.05) is 0 Å². The predicted octanol–water partition coefficient (Wildman–Crippen LogP) is 10.3. The van der Waals surface area contributed by atoms with Crippen molar-refractivity contribution in [2.45, 2.75) is 130 Å². The van der Waals surface area contributed by atoms with E-state index in [-0.39, 0.29) is 0 Å². The highest BCUT2D eigenvalue weighted by Crippen LogP contribution is 2.30. The van der Waals surface area contributed by atoms with Gasteiger partial charge in [-0.15, -0.1) is 0 Å². The summed E-state index contributed by atoms with van der Waals surface area (Å²) in [4.78, 5) is 12.1. The van der Waals surface area contributed by atoms with Crippen molar-refractivity contribution in [2.24, 2.45) is 5.92 Å². The van der Waals surface area contributed by atoms with Gasteiger partial charge in [-0.2, -0.15) is 0 Å². The molecule has 34 heavy (non-hydrogen) atoms. The summed E-state index contributed by atoms with van der Waals surface area (Å²) >= 11 is 0. The fourth-order valence-corrected chi connectivity index (χ4v) is 5.44. The average molecular weight is 467 g/mol. The molecule has 0 radical (unpaired) electrons. The fraction of sp³-hybridized carbons (Fsp3) is 0.656.